The molecule has 0 atom stereocenters. The van der Waals surface area contributed by atoms with E-state index >= 15 is 0 Å². The van der Waals surface area contributed by atoms with Crippen LogP contribution in [0.5, 0.6) is 0 Å². The average molecular weight is 492 g/mol. The van der Waals surface area contributed by atoms with Gasteiger partial charge in [-0.3, -0.25) is 19.6 Å². The molecule has 162 valence electrons. The Morgan fingerprint density at radius 1 is 0.862 bits per heavy atom. The fraction of sp³-hybridized carbons (Fsp3) is 0.188. The van der Waals surface area contributed by atoms with Crippen molar-refractivity contribution in [2.24, 2.45) is 0 Å². The van der Waals surface area contributed by atoms with Gasteiger partial charge in [0.2, 0.25) is 0 Å². The van der Waals surface area contributed by atoms with Crippen molar-refractivity contribution in [1.82, 2.24) is 9.97 Å². The topological polar surface area (TPSA) is 252 Å². The maximum atomic E-state index is 11.0. The second kappa shape index (κ2) is 16.2. The summed E-state index contributed by atoms with van der Waals surface area (Å²) in [4.78, 5) is 38.5. The second-order valence-corrected chi connectivity index (χ2v) is 4.85. The summed E-state index contributed by atoms with van der Waals surface area (Å²) >= 11 is 0. The van der Waals surface area contributed by atoms with Crippen molar-refractivity contribution in [2.45, 2.75) is 18.4 Å². The molecule has 0 bridgehead atoms. The Bertz CT molecular complexity index is 677. The van der Waals surface area contributed by atoms with E-state index in [9.17, 15) is 24.6 Å². The molecule has 13 heteroatoms. The van der Waals surface area contributed by atoms with Crippen LogP contribution in [0.1, 0.15) is 12.8 Å². The van der Waals surface area contributed by atoms with Gasteiger partial charge in [-0.1, -0.05) is 17.7 Å². The second-order valence-electron chi connectivity index (χ2n) is 4.85. The van der Waals surface area contributed by atoms with Crippen LogP contribution in [0.25, 0.3) is 11.4 Å². The Balaban J connectivity index is -0.000000189. The molecule has 12 nitrogen and oxygen atoms in total. The van der Waals surface area contributed by atoms with E-state index in [2.05, 4.69) is 9.97 Å². The van der Waals surface area contributed by atoms with Crippen molar-refractivity contribution in [3.05, 3.63) is 48.8 Å². The number of hydrogen-bond acceptors (Lipinski definition) is 7. The van der Waals surface area contributed by atoms with Gasteiger partial charge in [0, 0.05) is 52.3 Å². The summed E-state index contributed by atoms with van der Waals surface area (Å²) in [6.07, 6.45) is 0.900. The van der Waals surface area contributed by atoms with Crippen LogP contribution in [0.3, 0.4) is 0 Å². The molecule has 29 heavy (non-hydrogen) atoms. The molecule has 2 rings (SSSR count). The van der Waals surface area contributed by atoms with Gasteiger partial charge in [-0.15, -0.1) is 0 Å². The van der Waals surface area contributed by atoms with Gasteiger partial charge in [-0.05, 0) is 24.3 Å². The minimum absolute atomic E-state index is 0. The van der Waals surface area contributed by atoms with Gasteiger partial charge in [0.25, 0.3) is 0 Å². The van der Waals surface area contributed by atoms with Gasteiger partial charge >= 0.3 is 11.9 Å². The van der Waals surface area contributed by atoms with E-state index in [1.54, 1.807) is 12.4 Å². The summed E-state index contributed by atoms with van der Waals surface area (Å²) in [5.74, 6) is -5.58. The van der Waals surface area contributed by atoms with Crippen LogP contribution in [0.4, 0.5) is 0 Å². The smallest absolute Gasteiger partial charge is 0.302 e. The molecule has 2 aromatic rings. The van der Waals surface area contributed by atoms with Gasteiger partial charge in [0.1, 0.15) is 0 Å². The molecule has 0 saturated heterocycles. The van der Waals surface area contributed by atoms with E-state index < -0.39 is 36.4 Å². The third kappa shape index (κ3) is 12.3. The Kier molecular flexibility index (Phi) is 18.9. The summed E-state index contributed by atoms with van der Waals surface area (Å²) in [6.45, 7) is 0. The first-order chi connectivity index (χ1) is 11.7. The summed E-state index contributed by atoms with van der Waals surface area (Å²) < 4.78 is 0. The predicted molar refractivity (Wildman–Crippen MR) is 84.7 cm³/mol. The third-order valence-corrected chi connectivity index (χ3v) is 2.84. The zero-order chi connectivity index (χ0) is 18.9. The van der Waals surface area contributed by atoms with Gasteiger partial charge in [-0.25, -0.2) is 0 Å². The average Bonchev–Trinajstić information content (AvgIpc) is 2.55. The first kappa shape index (κ1) is 33.8. The van der Waals surface area contributed by atoms with Crippen molar-refractivity contribution in [3.63, 3.8) is 0 Å². The summed E-state index contributed by atoms with van der Waals surface area (Å²) in [6, 6.07) is 11.6. The molecule has 0 aliphatic rings. The molecule has 0 saturated carbocycles. The number of rotatable bonds is 6. The summed E-state index contributed by atoms with van der Waals surface area (Å²) in [5.41, 5.74) is -1.27. The number of carboxylic acids is 3. The fourth-order valence-electron chi connectivity index (χ4n) is 1.72. The van der Waals surface area contributed by atoms with Gasteiger partial charge in [-0.2, -0.15) is 0 Å². The Morgan fingerprint density at radius 2 is 1.21 bits per heavy atom. The zero-order valence-electron chi connectivity index (χ0n) is 14.6. The number of carbonyl (C=O) groups excluding carboxylic acids is 1. The number of carboxylic acid groups (broad SMARTS) is 3. The Labute approximate surface area is 179 Å². The van der Waals surface area contributed by atoms with Crippen LogP contribution < -0.4 is 10.2 Å². The van der Waals surface area contributed by atoms with Crippen LogP contribution in [0, 0.1) is 0 Å². The normalized spacial score (nSPS) is 8.86. The van der Waals surface area contributed by atoms with E-state index in [1.165, 1.54) is 0 Å². The minimum atomic E-state index is -3.10. The van der Waals surface area contributed by atoms with Crippen molar-refractivity contribution in [3.8, 4) is 11.4 Å². The number of carbonyl (C=O) groups is 3. The third-order valence-electron chi connectivity index (χ3n) is 2.84. The van der Waals surface area contributed by atoms with E-state index in [1.807, 2.05) is 36.4 Å². The number of aliphatic carboxylic acids is 3. The largest absolute Gasteiger partial charge is 2.00 e. The maximum Gasteiger partial charge on any atom is 0.302 e. The minimum Gasteiger partial charge on any atom is -2.00 e. The monoisotopic (exact) mass is 494 g/mol. The van der Waals surface area contributed by atoms with Crippen LogP contribution >= 0.6 is 0 Å². The number of nitrogens with zero attached hydrogens (tertiary/aromatic N) is 2. The number of pyridine rings is 2. The molecule has 0 aliphatic heterocycles. The summed E-state index contributed by atoms with van der Waals surface area (Å²) in [5, 5.41) is 37.4. The van der Waals surface area contributed by atoms with Crippen molar-refractivity contribution in [2.75, 3.05) is 0 Å². The fourth-order valence-corrected chi connectivity index (χ4v) is 1.72. The molecule has 2 aromatic heterocycles. The number of aromatic nitrogens is 2. The van der Waals surface area contributed by atoms with Gasteiger partial charge < -0.3 is 41.6 Å². The van der Waals surface area contributed by atoms with E-state index in [0.717, 1.165) is 11.4 Å². The molecular formula is C16H16MoN2O10-6. The van der Waals surface area contributed by atoms with Crippen LogP contribution in [-0.4, -0.2) is 49.2 Å². The van der Waals surface area contributed by atoms with Crippen molar-refractivity contribution >= 4 is 17.9 Å². The molecular weight excluding hydrogens is 476 g/mol. The first-order valence-corrected chi connectivity index (χ1v) is 6.92. The standard InChI is InChI=1S/C10H8N2.C6H7O7.Mo.H2O.2O/c1-3-7-11-9(5-1)10-6-2-4-8-12-10;7-3(8)1-6(13,5(11)12)2-4(9)10;;;;/h1-8H;1-2H2,(H,7,8)(H,9,10)(H,11,12);;1H2;;/q;-1;;;2*-2/p-1. The molecule has 0 fully saturated rings. The van der Waals surface area contributed by atoms with Crippen LogP contribution in [0.2, 0.25) is 0 Å². The molecule has 0 aromatic carbocycles. The summed E-state index contributed by atoms with van der Waals surface area (Å²) in [7, 11) is 0. The van der Waals surface area contributed by atoms with Crippen molar-refractivity contribution < 1.29 is 72.3 Å². The maximum absolute atomic E-state index is 11.0. The SMILES string of the molecule is O.O=C(O)CC([O-])(CC(=O)O)C(=O)[O-].[Mo].[O-2].[O-2].c1ccc(-c2ccccn2)nc1. The van der Waals surface area contributed by atoms with E-state index in [4.69, 9.17) is 10.2 Å². The molecule has 0 amide bonds. The Morgan fingerprint density at radius 3 is 1.41 bits per heavy atom. The quantitative estimate of drug-likeness (QED) is 0.417. The first-order valence-electron chi connectivity index (χ1n) is 6.92. The zero-order valence-corrected chi connectivity index (χ0v) is 16.6. The number of hydrogen-bond donors (Lipinski definition) is 2. The van der Waals surface area contributed by atoms with Gasteiger partial charge in [0.15, 0.2) is 0 Å². The Hall–Kier alpha value is -2.76. The molecule has 0 aliphatic carbocycles. The van der Waals surface area contributed by atoms with Crippen LogP contribution in [0.15, 0.2) is 48.8 Å². The predicted octanol–water partition coefficient (Wildman–Crippen LogP) is -2.14. The molecule has 2 heterocycles. The molecule has 0 spiro atoms. The van der Waals surface area contributed by atoms with Crippen molar-refractivity contribution in [1.29, 1.82) is 0 Å². The molecule has 0 radical (unpaired) electrons. The molecule has 4 N–H and O–H groups in total. The molecule has 0 unspecified atom stereocenters. The van der Waals surface area contributed by atoms with Gasteiger partial charge in [0.05, 0.1) is 11.4 Å². The van der Waals surface area contributed by atoms with E-state index in [-0.39, 0.29) is 37.5 Å². The van der Waals surface area contributed by atoms with E-state index in [0.29, 0.717) is 0 Å². The van der Waals surface area contributed by atoms with Crippen LogP contribution in [-0.2, 0) is 46.4 Å².